The van der Waals surface area contributed by atoms with E-state index in [1.807, 2.05) is 0 Å². The van der Waals surface area contributed by atoms with Gasteiger partial charge in [-0.05, 0) is 26.2 Å². The molecule has 0 bridgehead atoms. The number of carbonyl (C=O) groups is 1. The lowest BCUT2D eigenvalue weighted by Gasteiger charge is -2.23. The summed E-state index contributed by atoms with van der Waals surface area (Å²) < 4.78 is 0. The molecule has 6 heteroatoms. The standard InChI is InChI=1S/C17H34N4O.HI/c1-4-5-7-10-14(2)20-17(18-3)19-13-16(22)21-15-11-8-6-9-12-15;/h14-15H,4-13H2,1-3H3,(H,21,22)(H2,18,19,20);1H. The zero-order valence-electron chi connectivity index (χ0n) is 15.0. The fourth-order valence-electron chi connectivity index (χ4n) is 2.89. The number of rotatable bonds is 8. The third-order valence-corrected chi connectivity index (χ3v) is 4.23. The Bertz CT molecular complexity index is 343. The first kappa shape index (κ1) is 22.5. The second-order valence-electron chi connectivity index (χ2n) is 6.37. The molecule has 1 aliphatic carbocycles. The van der Waals surface area contributed by atoms with E-state index in [1.165, 1.54) is 38.5 Å². The molecule has 0 aliphatic heterocycles. The molecule has 1 unspecified atom stereocenters. The van der Waals surface area contributed by atoms with Crippen molar-refractivity contribution in [2.45, 2.75) is 83.7 Å². The van der Waals surface area contributed by atoms with Crippen LogP contribution < -0.4 is 16.0 Å². The van der Waals surface area contributed by atoms with Crippen LogP contribution >= 0.6 is 24.0 Å². The molecule has 1 atom stereocenters. The lowest BCUT2D eigenvalue weighted by atomic mass is 9.95. The van der Waals surface area contributed by atoms with E-state index in [-0.39, 0.29) is 36.4 Å². The van der Waals surface area contributed by atoms with Gasteiger partial charge in [0.15, 0.2) is 5.96 Å². The maximum Gasteiger partial charge on any atom is 0.239 e. The van der Waals surface area contributed by atoms with Crippen molar-refractivity contribution in [3.8, 4) is 0 Å². The van der Waals surface area contributed by atoms with Gasteiger partial charge in [-0.15, -0.1) is 24.0 Å². The Morgan fingerprint density at radius 3 is 2.52 bits per heavy atom. The summed E-state index contributed by atoms with van der Waals surface area (Å²) in [5.74, 6) is 0.774. The average molecular weight is 438 g/mol. The number of nitrogens with one attached hydrogen (secondary N) is 3. The molecule has 0 aromatic heterocycles. The molecule has 23 heavy (non-hydrogen) atoms. The highest BCUT2D eigenvalue weighted by atomic mass is 127. The lowest BCUT2D eigenvalue weighted by molar-refractivity contribution is -0.120. The van der Waals surface area contributed by atoms with Crippen molar-refractivity contribution < 1.29 is 4.79 Å². The molecule has 0 aromatic carbocycles. The number of guanidine groups is 1. The van der Waals surface area contributed by atoms with Crippen molar-refractivity contribution in [2.75, 3.05) is 13.6 Å². The Hall–Kier alpha value is -0.530. The molecule has 0 radical (unpaired) electrons. The number of amides is 1. The first-order valence-corrected chi connectivity index (χ1v) is 8.92. The van der Waals surface area contributed by atoms with Gasteiger partial charge < -0.3 is 16.0 Å². The Morgan fingerprint density at radius 1 is 1.22 bits per heavy atom. The van der Waals surface area contributed by atoms with Gasteiger partial charge in [0.25, 0.3) is 0 Å². The Morgan fingerprint density at radius 2 is 1.91 bits per heavy atom. The quantitative estimate of drug-likeness (QED) is 0.236. The minimum Gasteiger partial charge on any atom is -0.354 e. The van der Waals surface area contributed by atoms with E-state index in [1.54, 1.807) is 7.05 Å². The molecular formula is C17H35IN4O. The highest BCUT2D eigenvalue weighted by Gasteiger charge is 2.15. The summed E-state index contributed by atoms with van der Waals surface area (Å²) in [7, 11) is 1.74. The van der Waals surface area contributed by atoms with Crippen LogP contribution in [-0.2, 0) is 4.79 Å². The largest absolute Gasteiger partial charge is 0.354 e. The monoisotopic (exact) mass is 438 g/mol. The maximum atomic E-state index is 12.0. The van der Waals surface area contributed by atoms with Gasteiger partial charge in [-0.3, -0.25) is 9.79 Å². The van der Waals surface area contributed by atoms with Crippen molar-refractivity contribution in [2.24, 2.45) is 4.99 Å². The van der Waals surface area contributed by atoms with Crippen LogP contribution in [0.15, 0.2) is 4.99 Å². The first-order valence-electron chi connectivity index (χ1n) is 8.92. The van der Waals surface area contributed by atoms with Crippen LogP contribution in [0.25, 0.3) is 0 Å². The van der Waals surface area contributed by atoms with E-state index < -0.39 is 0 Å². The molecule has 1 rings (SSSR count). The summed E-state index contributed by atoms with van der Waals surface area (Å²) >= 11 is 0. The molecule has 1 amide bonds. The molecule has 3 N–H and O–H groups in total. The molecule has 0 heterocycles. The molecule has 0 spiro atoms. The van der Waals surface area contributed by atoms with Crippen LogP contribution in [0.5, 0.6) is 0 Å². The Labute approximate surface area is 158 Å². The number of aliphatic imine (C=N–C) groups is 1. The first-order chi connectivity index (χ1) is 10.7. The average Bonchev–Trinajstić information content (AvgIpc) is 2.52. The summed E-state index contributed by atoms with van der Waals surface area (Å²) in [6, 6.07) is 0.741. The van der Waals surface area contributed by atoms with Crippen molar-refractivity contribution >= 4 is 35.8 Å². The van der Waals surface area contributed by atoms with E-state index in [4.69, 9.17) is 0 Å². The van der Waals surface area contributed by atoms with Gasteiger partial charge in [-0.2, -0.15) is 0 Å². The van der Waals surface area contributed by atoms with E-state index in [2.05, 4.69) is 34.8 Å². The SMILES string of the molecule is CCCCCC(C)NC(=NC)NCC(=O)NC1CCCCC1.I. The van der Waals surface area contributed by atoms with Crippen molar-refractivity contribution in [3.63, 3.8) is 0 Å². The van der Waals surface area contributed by atoms with Gasteiger partial charge in [0, 0.05) is 19.1 Å². The van der Waals surface area contributed by atoms with Gasteiger partial charge >= 0.3 is 0 Å². The molecule has 0 saturated heterocycles. The van der Waals surface area contributed by atoms with Crippen LogP contribution in [0.3, 0.4) is 0 Å². The van der Waals surface area contributed by atoms with Gasteiger partial charge in [-0.25, -0.2) is 0 Å². The van der Waals surface area contributed by atoms with Gasteiger partial charge in [-0.1, -0.05) is 45.4 Å². The zero-order valence-corrected chi connectivity index (χ0v) is 17.3. The second-order valence-corrected chi connectivity index (χ2v) is 6.37. The molecule has 1 fully saturated rings. The van der Waals surface area contributed by atoms with Gasteiger partial charge in [0.2, 0.25) is 5.91 Å². The summed E-state index contributed by atoms with van der Waals surface area (Å²) in [6.45, 7) is 4.66. The highest BCUT2D eigenvalue weighted by molar-refractivity contribution is 14.0. The third kappa shape index (κ3) is 10.8. The van der Waals surface area contributed by atoms with Crippen LogP contribution in [0, 0.1) is 0 Å². The summed E-state index contributed by atoms with van der Waals surface area (Å²) in [5, 5.41) is 9.56. The molecule has 5 nitrogen and oxygen atoms in total. The number of nitrogens with zero attached hydrogens (tertiary/aromatic N) is 1. The van der Waals surface area contributed by atoms with Gasteiger partial charge in [0.05, 0.1) is 6.54 Å². The Balaban J connectivity index is 0.00000484. The maximum absolute atomic E-state index is 12.0. The molecule has 136 valence electrons. The van der Waals surface area contributed by atoms with E-state index in [0.717, 1.165) is 19.3 Å². The normalized spacial score (nSPS) is 17.1. The lowest BCUT2D eigenvalue weighted by Crippen LogP contribution is -2.47. The molecular weight excluding hydrogens is 403 g/mol. The number of carbonyl (C=O) groups excluding carboxylic acids is 1. The van der Waals surface area contributed by atoms with Crippen LogP contribution in [0.2, 0.25) is 0 Å². The predicted molar refractivity (Wildman–Crippen MR) is 109 cm³/mol. The van der Waals surface area contributed by atoms with Crippen molar-refractivity contribution in [1.29, 1.82) is 0 Å². The topological polar surface area (TPSA) is 65.5 Å². The second kappa shape index (κ2) is 13.9. The summed E-state index contributed by atoms with van der Waals surface area (Å²) in [5.41, 5.74) is 0. The predicted octanol–water partition coefficient (Wildman–Crippen LogP) is 3.19. The zero-order chi connectivity index (χ0) is 16.2. The molecule has 1 saturated carbocycles. The van der Waals surface area contributed by atoms with E-state index in [0.29, 0.717) is 18.0 Å². The molecule has 1 aliphatic rings. The highest BCUT2D eigenvalue weighted by Crippen LogP contribution is 2.17. The smallest absolute Gasteiger partial charge is 0.239 e. The number of halogens is 1. The minimum atomic E-state index is 0. The van der Waals surface area contributed by atoms with Crippen LogP contribution in [0.1, 0.15) is 71.6 Å². The fourth-order valence-corrected chi connectivity index (χ4v) is 2.89. The third-order valence-electron chi connectivity index (χ3n) is 4.23. The van der Waals surface area contributed by atoms with E-state index >= 15 is 0 Å². The number of hydrogen-bond acceptors (Lipinski definition) is 2. The summed E-state index contributed by atoms with van der Waals surface area (Å²) in [6.07, 6.45) is 10.9. The minimum absolute atomic E-state index is 0. The number of unbranched alkanes of at least 4 members (excludes halogenated alkanes) is 2. The Kier molecular flexibility index (Phi) is 13.5. The van der Waals surface area contributed by atoms with Gasteiger partial charge in [0.1, 0.15) is 0 Å². The van der Waals surface area contributed by atoms with Crippen molar-refractivity contribution in [1.82, 2.24) is 16.0 Å². The van der Waals surface area contributed by atoms with Crippen LogP contribution in [-0.4, -0.2) is 37.5 Å². The summed E-state index contributed by atoms with van der Waals surface area (Å²) in [4.78, 5) is 16.2. The number of hydrogen-bond donors (Lipinski definition) is 3. The van der Waals surface area contributed by atoms with Crippen LogP contribution in [0.4, 0.5) is 0 Å². The van der Waals surface area contributed by atoms with Crippen molar-refractivity contribution in [3.05, 3.63) is 0 Å². The fraction of sp³-hybridized carbons (Fsp3) is 0.882. The molecule has 0 aromatic rings. The van der Waals surface area contributed by atoms with E-state index in [9.17, 15) is 4.79 Å².